The molecule has 0 aliphatic carbocycles. The zero-order chi connectivity index (χ0) is 14.5. The van der Waals surface area contributed by atoms with Crippen LogP contribution in [0.5, 0.6) is 11.5 Å². The molecule has 0 atom stereocenters. The van der Waals surface area contributed by atoms with Gasteiger partial charge in [0.1, 0.15) is 5.82 Å². The van der Waals surface area contributed by atoms with E-state index in [4.69, 9.17) is 20.9 Å². The molecule has 20 heavy (non-hydrogen) atoms. The van der Waals surface area contributed by atoms with Gasteiger partial charge in [0.15, 0.2) is 11.5 Å². The number of hydrogen-bond acceptors (Lipinski definition) is 6. The molecule has 0 saturated carbocycles. The minimum Gasteiger partial charge on any atom is -0.490 e. The van der Waals surface area contributed by atoms with Crippen molar-refractivity contribution in [2.24, 2.45) is 0 Å². The minimum absolute atomic E-state index is 0.155. The summed E-state index contributed by atoms with van der Waals surface area (Å²) in [4.78, 5) is 7.92. The number of nitrogens with zero attached hydrogens (tertiary/aromatic N) is 2. The Balaban J connectivity index is 2.44. The number of ether oxygens (including phenoxy) is 2. The highest BCUT2D eigenvalue weighted by atomic mass is 16.5. The van der Waals surface area contributed by atoms with E-state index >= 15 is 0 Å². The van der Waals surface area contributed by atoms with Crippen LogP contribution in [0, 0.1) is 0 Å². The van der Waals surface area contributed by atoms with Gasteiger partial charge in [-0.3, -0.25) is 0 Å². The molecule has 0 amide bonds. The van der Waals surface area contributed by atoms with E-state index in [-0.39, 0.29) is 5.95 Å². The van der Waals surface area contributed by atoms with Gasteiger partial charge in [0.25, 0.3) is 0 Å². The summed E-state index contributed by atoms with van der Waals surface area (Å²) < 4.78 is 11.1. The highest BCUT2D eigenvalue weighted by molar-refractivity contribution is 5.75. The maximum atomic E-state index is 5.87. The fraction of sp³-hybridized carbons (Fsp3) is 0.286. The molecule has 6 nitrogen and oxygen atoms in total. The Morgan fingerprint density at radius 3 is 2.40 bits per heavy atom. The molecule has 0 radical (unpaired) electrons. The van der Waals surface area contributed by atoms with Crippen molar-refractivity contribution < 1.29 is 9.47 Å². The normalized spacial score (nSPS) is 10.3. The predicted molar refractivity (Wildman–Crippen MR) is 78.6 cm³/mol. The zero-order valence-corrected chi connectivity index (χ0v) is 11.6. The Morgan fingerprint density at radius 2 is 1.75 bits per heavy atom. The van der Waals surface area contributed by atoms with Gasteiger partial charge in [-0.05, 0) is 31.5 Å². The van der Waals surface area contributed by atoms with E-state index in [1.54, 1.807) is 6.20 Å². The van der Waals surface area contributed by atoms with Gasteiger partial charge in [-0.2, -0.15) is 4.98 Å². The Bertz CT molecular complexity index is 602. The van der Waals surface area contributed by atoms with Gasteiger partial charge in [0, 0.05) is 11.8 Å². The molecule has 0 saturated heterocycles. The first kappa shape index (κ1) is 13.9. The average molecular weight is 274 g/mol. The molecule has 0 aliphatic rings. The fourth-order valence-electron chi connectivity index (χ4n) is 1.85. The summed E-state index contributed by atoms with van der Waals surface area (Å²) in [5.74, 6) is 1.86. The molecular formula is C14H18N4O2. The number of nitrogens with two attached hydrogens (primary N) is 2. The Kier molecular flexibility index (Phi) is 4.24. The summed E-state index contributed by atoms with van der Waals surface area (Å²) in [5.41, 5.74) is 12.9. The van der Waals surface area contributed by atoms with Crippen molar-refractivity contribution in [3.05, 3.63) is 24.4 Å². The maximum absolute atomic E-state index is 5.87. The third kappa shape index (κ3) is 2.90. The smallest absolute Gasteiger partial charge is 0.221 e. The lowest BCUT2D eigenvalue weighted by molar-refractivity contribution is 0.288. The third-order valence-electron chi connectivity index (χ3n) is 2.69. The van der Waals surface area contributed by atoms with Crippen molar-refractivity contribution in [2.75, 3.05) is 24.7 Å². The van der Waals surface area contributed by atoms with Crippen LogP contribution in [-0.4, -0.2) is 23.2 Å². The van der Waals surface area contributed by atoms with Gasteiger partial charge < -0.3 is 20.9 Å². The van der Waals surface area contributed by atoms with E-state index in [9.17, 15) is 0 Å². The Hall–Kier alpha value is -2.50. The molecule has 0 spiro atoms. The van der Waals surface area contributed by atoms with Crippen LogP contribution in [0.25, 0.3) is 11.1 Å². The van der Waals surface area contributed by atoms with Gasteiger partial charge in [-0.25, -0.2) is 4.98 Å². The maximum Gasteiger partial charge on any atom is 0.221 e. The summed E-state index contributed by atoms with van der Waals surface area (Å²) in [6.45, 7) is 4.97. The van der Waals surface area contributed by atoms with Crippen LogP contribution in [0.4, 0.5) is 11.8 Å². The molecule has 0 bridgehead atoms. The third-order valence-corrected chi connectivity index (χ3v) is 2.69. The van der Waals surface area contributed by atoms with Crippen LogP contribution >= 0.6 is 0 Å². The number of nitrogen functional groups attached to an aromatic ring is 2. The first-order chi connectivity index (χ1) is 9.65. The van der Waals surface area contributed by atoms with Crippen molar-refractivity contribution in [3.63, 3.8) is 0 Å². The molecule has 1 aromatic heterocycles. The number of rotatable bonds is 5. The van der Waals surface area contributed by atoms with Gasteiger partial charge in [0.05, 0.1) is 13.2 Å². The number of anilines is 2. The lowest BCUT2D eigenvalue weighted by Crippen LogP contribution is -2.02. The first-order valence-electron chi connectivity index (χ1n) is 6.43. The number of benzene rings is 1. The van der Waals surface area contributed by atoms with E-state index in [1.807, 2.05) is 32.0 Å². The zero-order valence-electron chi connectivity index (χ0n) is 11.6. The summed E-state index contributed by atoms with van der Waals surface area (Å²) in [6.07, 6.45) is 1.60. The van der Waals surface area contributed by atoms with Crippen molar-refractivity contribution >= 4 is 11.8 Å². The largest absolute Gasteiger partial charge is 0.490 e. The molecule has 106 valence electrons. The van der Waals surface area contributed by atoms with E-state index in [2.05, 4.69) is 9.97 Å². The molecule has 0 unspecified atom stereocenters. The molecule has 2 aromatic rings. The SMILES string of the molecule is CCOc1ccc(-c2cnc(N)nc2N)cc1OCC. The second kappa shape index (κ2) is 6.10. The lowest BCUT2D eigenvalue weighted by atomic mass is 10.1. The standard InChI is InChI=1S/C14H18N4O2/c1-3-19-11-6-5-9(7-12(11)20-4-2)10-8-17-14(16)18-13(10)15/h5-8H,3-4H2,1-2H3,(H4,15,16,17,18). The average Bonchev–Trinajstić information content (AvgIpc) is 2.41. The molecule has 0 fully saturated rings. The van der Waals surface area contributed by atoms with Crippen molar-refractivity contribution in [3.8, 4) is 22.6 Å². The van der Waals surface area contributed by atoms with Crippen molar-refractivity contribution in [2.45, 2.75) is 13.8 Å². The van der Waals surface area contributed by atoms with Crippen LogP contribution in [0.1, 0.15) is 13.8 Å². The van der Waals surface area contributed by atoms with E-state index in [0.29, 0.717) is 36.1 Å². The van der Waals surface area contributed by atoms with Crippen molar-refractivity contribution in [1.29, 1.82) is 0 Å². The molecule has 2 rings (SSSR count). The second-order valence-corrected chi connectivity index (χ2v) is 4.05. The monoisotopic (exact) mass is 274 g/mol. The van der Waals surface area contributed by atoms with Gasteiger partial charge >= 0.3 is 0 Å². The lowest BCUT2D eigenvalue weighted by Gasteiger charge is -2.13. The summed E-state index contributed by atoms with van der Waals surface area (Å²) in [7, 11) is 0. The molecular weight excluding hydrogens is 256 g/mol. The van der Waals surface area contributed by atoms with E-state index in [0.717, 1.165) is 5.56 Å². The molecule has 0 aliphatic heterocycles. The fourth-order valence-corrected chi connectivity index (χ4v) is 1.85. The van der Waals surface area contributed by atoms with E-state index < -0.39 is 0 Å². The van der Waals surface area contributed by atoms with Crippen LogP contribution < -0.4 is 20.9 Å². The second-order valence-electron chi connectivity index (χ2n) is 4.05. The van der Waals surface area contributed by atoms with Crippen LogP contribution in [0.3, 0.4) is 0 Å². The highest BCUT2D eigenvalue weighted by Gasteiger charge is 2.10. The number of hydrogen-bond donors (Lipinski definition) is 2. The van der Waals surface area contributed by atoms with Crippen molar-refractivity contribution in [1.82, 2.24) is 9.97 Å². The Morgan fingerprint density at radius 1 is 1.05 bits per heavy atom. The Labute approximate surface area is 117 Å². The topological polar surface area (TPSA) is 96.3 Å². The first-order valence-corrected chi connectivity index (χ1v) is 6.43. The highest BCUT2D eigenvalue weighted by Crippen LogP contribution is 2.34. The summed E-state index contributed by atoms with van der Waals surface area (Å²) in [5, 5.41) is 0. The number of aromatic nitrogens is 2. The minimum atomic E-state index is 0.155. The summed E-state index contributed by atoms with van der Waals surface area (Å²) >= 11 is 0. The summed E-state index contributed by atoms with van der Waals surface area (Å²) in [6, 6.07) is 5.60. The molecule has 4 N–H and O–H groups in total. The quantitative estimate of drug-likeness (QED) is 0.866. The van der Waals surface area contributed by atoms with Gasteiger partial charge in [0.2, 0.25) is 5.95 Å². The molecule has 1 aromatic carbocycles. The van der Waals surface area contributed by atoms with Gasteiger partial charge in [-0.15, -0.1) is 0 Å². The van der Waals surface area contributed by atoms with Crippen LogP contribution in [0.15, 0.2) is 24.4 Å². The van der Waals surface area contributed by atoms with Crippen LogP contribution in [-0.2, 0) is 0 Å². The molecule has 6 heteroatoms. The van der Waals surface area contributed by atoms with Gasteiger partial charge in [-0.1, -0.05) is 6.07 Å². The van der Waals surface area contributed by atoms with Crippen LogP contribution in [0.2, 0.25) is 0 Å². The molecule has 1 heterocycles. The predicted octanol–water partition coefficient (Wildman–Crippen LogP) is 2.11. The van der Waals surface area contributed by atoms with E-state index in [1.165, 1.54) is 0 Å².